The largest absolute Gasteiger partial charge is 0.354 e. The maximum atomic E-state index is 14.5. The highest BCUT2D eigenvalue weighted by molar-refractivity contribution is 7.92. The molecule has 7 nitrogen and oxygen atoms in total. The van der Waals surface area contributed by atoms with Gasteiger partial charge in [-0.25, -0.2) is 12.8 Å². The van der Waals surface area contributed by atoms with Crippen LogP contribution in [0, 0.1) is 25.6 Å². The first-order valence-corrected chi connectivity index (χ1v) is 16.4. The highest BCUT2D eigenvalue weighted by Gasteiger charge is 2.35. The molecular weight excluding hydrogens is 589 g/mol. The maximum Gasteiger partial charge on any atom is 0.264 e. The van der Waals surface area contributed by atoms with E-state index in [9.17, 15) is 22.4 Å². The van der Waals surface area contributed by atoms with E-state index in [1.165, 1.54) is 29.2 Å². The summed E-state index contributed by atoms with van der Waals surface area (Å²) < 4.78 is 43.2. The first-order chi connectivity index (χ1) is 21.5. The summed E-state index contributed by atoms with van der Waals surface area (Å²) in [6.07, 6.45) is 0.201. The third kappa shape index (κ3) is 8.79. The molecule has 4 rings (SSSR count). The molecule has 45 heavy (non-hydrogen) atoms. The SMILES string of the molecule is Cc1ccc(N(CC(=O)N(Cc2ccc(F)cc2)[C@@H](Cc2ccccc2)C(=O)NCC(C)C)S(=O)(=O)c2ccccc2)c(C)c1. The smallest absolute Gasteiger partial charge is 0.264 e. The number of benzene rings is 4. The number of carbonyl (C=O) groups is 2. The van der Waals surface area contributed by atoms with Gasteiger partial charge in [0, 0.05) is 19.5 Å². The first-order valence-electron chi connectivity index (χ1n) is 15.0. The fraction of sp³-hybridized carbons (Fsp3) is 0.278. The van der Waals surface area contributed by atoms with Gasteiger partial charge >= 0.3 is 0 Å². The number of carbonyl (C=O) groups excluding carboxylic acids is 2. The Bertz CT molecular complexity index is 1700. The van der Waals surface area contributed by atoms with Gasteiger partial charge in [-0.3, -0.25) is 13.9 Å². The minimum absolute atomic E-state index is 0.0299. The van der Waals surface area contributed by atoms with Gasteiger partial charge in [0.15, 0.2) is 0 Å². The summed E-state index contributed by atoms with van der Waals surface area (Å²) in [5.74, 6) is -1.18. The highest BCUT2D eigenvalue weighted by Crippen LogP contribution is 2.28. The van der Waals surface area contributed by atoms with Crippen molar-refractivity contribution in [2.45, 2.75) is 51.6 Å². The van der Waals surface area contributed by atoms with Gasteiger partial charge < -0.3 is 10.2 Å². The molecular formula is C36H40FN3O4S. The van der Waals surface area contributed by atoms with E-state index in [0.717, 1.165) is 15.4 Å². The normalized spacial score (nSPS) is 12.0. The minimum atomic E-state index is -4.19. The molecule has 0 saturated carbocycles. The van der Waals surface area contributed by atoms with Crippen LogP contribution in [-0.4, -0.2) is 44.3 Å². The van der Waals surface area contributed by atoms with Crippen molar-refractivity contribution in [3.05, 3.63) is 131 Å². The molecule has 4 aromatic rings. The van der Waals surface area contributed by atoms with Crippen molar-refractivity contribution in [2.24, 2.45) is 5.92 Å². The summed E-state index contributed by atoms with van der Waals surface area (Å²) in [6, 6.07) is 27.4. The second-order valence-corrected chi connectivity index (χ2v) is 13.5. The number of nitrogens with zero attached hydrogens (tertiary/aromatic N) is 2. The average molecular weight is 630 g/mol. The number of halogens is 1. The Balaban J connectivity index is 1.81. The molecule has 0 unspecified atom stereocenters. The zero-order valence-electron chi connectivity index (χ0n) is 26.1. The number of aryl methyl sites for hydroxylation is 2. The first kappa shape index (κ1) is 33.4. The van der Waals surface area contributed by atoms with E-state index in [4.69, 9.17) is 0 Å². The Morgan fingerprint density at radius 3 is 2.04 bits per heavy atom. The van der Waals surface area contributed by atoms with Gasteiger partial charge in [0.2, 0.25) is 11.8 Å². The summed E-state index contributed by atoms with van der Waals surface area (Å²) in [5.41, 5.74) is 3.43. The summed E-state index contributed by atoms with van der Waals surface area (Å²) in [6.45, 7) is 7.48. The molecule has 0 radical (unpaired) electrons. The van der Waals surface area contributed by atoms with E-state index in [0.29, 0.717) is 23.4 Å². The number of amides is 2. The molecule has 0 aromatic heterocycles. The molecule has 0 aliphatic carbocycles. The molecule has 2 amide bonds. The third-order valence-corrected chi connectivity index (χ3v) is 9.23. The zero-order chi connectivity index (χ0) is 32.6. The Morgan fingerprint density at radius 2 is 1.44 bits per heavy atom. The highest BCUT2D eigenvalue weighted by atomic mass is 32.2. The van der Waals surface area contributed by atoms with Crippen LogP contribution in [-0.2, 0) is 32.6 Å². The van der Waals surface area contributed by atoms with Gasteiger partial charge in [-0.1, -0.05) is 92.2 Å². The van der Waals surface area contributed by atoms with Gasteiger partial charge in [-0.05, 0) is 66.8 Å². The number of rotatable bonds is 13. The summed E-state index contributed by atoms with van der Waals surface area (Å²) in [5, 5.41) is 2.96. The molecule has 0 aliphatic heterocycles. The van der Waals surface area contributed by atoms with E-state index < -0.39 is 34.3 Å². The molecule has 1 N–H and O–H groups in total. The Hall–Kier alpha value is -4.50. The lowest BCUT2D eigenvalue weighted by Gasteiger charge is -2.34. The second kappa shape index (κ2) is 15.0. The number of anilines is 1. The number of hydrogen-bond donors (Lipinski definition) is 1. The topological polar surface area (TPSA) is 86.8 Å². The van der Waals surface area contributed by atoms with Crippen LogP contribution in [0.2, 0.25) is 0 Å². The van der Waals surface area contributed by atoms with Crippen LogP contribution in [0.5, 0.6) is 0 Å². The molecule has 236 valence electrons. The molecule has 0 aliphatic rings. The predicted molar refractivity (Wildman–Crippen MR) is 176 cm³/mol. The number of sulfonamides is 1. The fourth-order valence-electron chi connectivity index (χ4n) is 5.08. The fourth-order valence-corrected chi connectivity index (χ4v) is 6.58. The standard InChI is InChI=1S/C36H40FN3O4S/c1-26(2)23-38-36(42)34(22-29-11-7-5-8-12-29)39(24-30-16-18-31(37)19-17-30)35(41)25-40(33-20-15-27(3)21-28(33)4)45(43,44)32-13-9-6-10-14-32/h5-21,26,34H,22-25H2,1-4H3,(H,38,42)/t34-/m0/s1. The molecule has 9 heteroatoms. The molecule has 0 bridgehead atoms. The number of nitrogens with one attached hydrogen (secondary N) is 1. The molecule has 0 fully saturated rings. The summed E-state index contributed by atoms with van der Waals surface area (Å²) in [7, 11) is -4.19. The van der Waals surface area contributed by atoms with Crippen LogP contribution < -0.4 is 9.62 Å². The number of hydrogen-bond acceptors (Lipinski definition) is 4. The van der Waals surface area contributed by atoms with Crippen LogP contribution in [0.4, 0.5) is 10.1 Å². The predicted octanol–water partition coefficient (Wildman–Crippen LogP) is 6.05. The van der Waals surface area contributed by atoms with Crippen molar-refractivity contribution in [1.82, 2.24) is 10.2 Å². The van der Waals surface area contributed by atoms with E-state index in [2.05, 4.69) is 5.32 Å². The minimum Gasteiger partial charge on any atom is -0.354 e. The Labute approximate surface area is 265 Å². The van der Waals surface area contributed by atoms with Crippen LogP contribution in [0.25, 0.3) is 0 Å². The summed E-state index contributed by atoms with van der Waals surface area (Å²) >= 11 is 0. The molecule has 0 spiro atoms. The molecule has 0 saturated heterocycles. The van der Waals surface area contributed by atoms with Crippen molar-refractivity contribution >= 4 is 27.5 Å². The lowest BCUT2D eigenvalue weighted by atomic mass is 10.0. The Kier molecular flexibility index (Phi) is 11.1. The van der Waals surface area contributed by atoms with Crippen LogP contribution in [0.15, 0.2) is 108 Å². The van der Waals surface area contributed by atoms with Gasteiger partial charge in [0.25, 0.3) is 10.0 Å². The quantitative estimate of drug-likeness (QED) is 0.195. The van der Waals surface area contributed by atoms with Crippen LogP contribution in [0.3, 0.4) is 0 Å². The van der Waals surface area contributed by atoms with Crippen molar-refractivity contribution in [1.29, 1.82) is 0 Å². The monoisotopic (exact) mass is 629 g/mol. The zero-order valence-corrected chi connectivity index (χ0v) is 26.9. The lowest BCUT2D eigenvalue weighted by molar-refractivity contribution is -0.140. The lowest BCUT2D eigenvalue weighted by Crippen LogP contribution is -2.53. The van der Waals surface area contributed by atoms with Gasteiger partial charge in [0.1, 0.15) is 18.4 Å². The second-order valence-electron chi connectivity index (χ2n) is 11.6. The maximum absolute atomic E-state index is 14.5. The van der Waals surface area contributed by atoms with Gasteiger partial charge in [-0.15, -0.1) is 0 Å². The van der Waals surface area contributed by atoms with Gasteiger partial charge in [-0.2, -0.15) is 0 Å². The molecule has 1 atom stereocenters. The van der Waals surface area contributed by atoms with Crippen molar-refractivity contribution < 1.29 is 22.4 Å². The average Bonchev–Trinajstić information content (AvgIpc) is 3.02. The summed E-state index contributed by atoms with van der Waals surface area (Å²) in [4.78, 5) is 29.8. The van der Waals surface area contributed by atoms with Crippen molar-refractivity contribution in [3.63, 3.8) is 0 Å². The molecule has 0 heterocycles. The van der Waals surface area contributed by atoms with Crippen molar-refractivity contribution in [2.75, 3.05) is 17.4 Å². The van der Waals surface area contributed by atoms with Crippen molar-refractivity contribution in [3.8, 4) is 0 Å². The van der Waals surface area contributed by atoms with Crippen LogP contribution in [0.1, 0.15) is 36.1 Å². The van der Waals surface area contributed by atoms with Gasteiger partial charge in [0.05, 0.1) is 10.6 Å². The third-order valence-electron chi connectivity index (χ3n) is 7.45. The van der Waals surface area contributed by atoms with E-state index in [1.807, 2.05) is 57.2 Å². The Morgan fingerprint density at radius 1 is 0.822 bits per heavy atom. The molecule has 4 aromatic carbocycles. The van der Waals surface area contributed by atoms with E-state index in [-0.39, 0.29) is 29.7 Å². The van der Waals surface area contributed by atoms with Crippen LogP contribution >= 0.6 is 0 Å². The van der Waals surface area contributed by atoms with E-state index >= 15 is 0 Å². The van der Waals surface area contributed by atoms with E-state index in [1.54, 1.807) is 49.4 Å².